The number of aliphatic hydroxyl groups is 1. The summed E-state index contributed by atoms with van der Waals surface area (Å²) in [6.07, 6.45) is 0. The fraction of sp³-hybridized carbons (Fsp3) is 1.00. The van der Waals surface area contributed by atoms with Gasteiger partial charge in [-0.2, -0.15) is 0 Å². The van der Waals surface area contributed by atoms with E-state index < -0.39 is 0 Å². The maximum absolute atomic E-state index is 9.49. The molecular weight excluding hydrogens is 200 g/mol. The molecule has 0 amide bonds. The molecule has 0 saturated carbocycles. The smallest absolute Gasteiger partial charge is 0.0623 e. The number of likely N-dealkylation sites (N-methyl/N-ethyl adjacent to an activating group) is 1. The Morgan fingerprint density at radius 3 is 1.94 bits per heavy atom. The van der Waals surface area contributed by atoms with Crippen LogP contribution in [0.1, 0.15) is 41.5 Å². The van der Waals surface area contributed by atoms with Crippen molar-refractivity contribution in [3.63, 3.8) is 0 Å². The quantitative estimate of drug-likeness (QED) is 0.729. The van der Waals surface area contributed by atoms with Crippen molar-refractivity contribution >= 4 is 0 Å². The third-order valence-electron chi connectivity index (χ3n) is 2.35. The highest BCUT2D eigenvalue weighted by atomic mass is 16.3. The molecule has 0 aliphatic heterocycles. The van der Waals surface area contributed by atoms with Gasteiger partial charge in [0.05, 0.1) is 12.1 Å². The van der Waals surface area contributed by atoms with Crippen LogP contribution < -0.4 is 5.32 Å². The number of rotatable bonds is 6. The van der Waals surface area contributed by atoms with Crippen molar-refractivity contribution in [2.24, 2.45) is 5.41 Å². The lowest BCUT2D eigenvalue weighted by Gasteiger charge is -2.37. The Morgan fingerprint density at radius 2 is 1.62 bits per heavy atom. The van der Waals surface area contributed by atoms with Gasteiger partial charge in [0.2, 0.25) is 0 Å². The lowest BCUT2D eigenvalue weighted by Crippen LogP contribution is -2.56. The Bertz CT molecular complexity index is 199. The predicted octanol–water partition coefficient (Wildman–Crippen LogP) is 1.71. The Hall–Kier alpha value is -0.120. The van der Waals surface area contributed by atoms with Crippen LogP contribution in [0.15, 0.2) is 0 Å². The van der Waals surface area contributed by atoms with E-state index >= 15 is 0 Å². The summed E-state index contributed by atoms with van der Waals surface area (Å²) >= 11 is 0. The van der Waals surface area contributed by atoms with Crippen molar-refractivity contribution in [2.75, 3.05) is 26.7 Å². The van der Waals surface area contributed by atoms with E-state index in [0.29, 0.717) is 11.5 Å². The molecule has 0 saturated heterocycles. The Balaban J connectivity index is 4.30. The molecule has 16 heavy (non-hydrogen) atoms. The lowest BCUT2D eigenvalue weighted by atomic mass is 9.94. The van der Waals surface area contributed by atoms with E-state index in [1.54, 1.807) is 0 Å². The maximum atomic E-state index is 9.49. The molecular formula is C13H30N2O. The van der Waals surface area contributed by atoms with E-state index in [1.165, 1.54) is 0 Å². The monoisotopic (exact) mass is 230 g/mol. The van der Waals surface area contributed by atoms with Crippen molar-refractivity contribution in [2.45, 2.75) is 53.1 Å². The fourth-order valence-electron chi connectivity index (χ4n) is 2.30. The fourth-order valence-corrected chi connectivity index (χ4v) is 2.30. The van der Waals surface area contributed by atoms with Crippen molar-refractivity contribution in [1.29, 1.82) is 0 Å². The van der Waals surface area contributed by atoms with Gasteiger partial charge in [-0.15, -0.1) is 0 Å². The molecule has 0 aromatic rings. The average molecular weight is 230 g/mol. The van der Waals surface area contributed by atoms with Gasteiger partial charge in [-0.3, -0.25) is 0 Å². The first kappa shape index (κ1) is 15.9. The molecule has 0 rings (SSSR count). The number of nitrogens with zero attached hydrogens (tertiary/aromatic N) is 1. The van der Waals surface area contributed by atoms with E-state index in [0.717, 1.165) is 13.1 Å². The largest absolute Gasteiger partial charge is 0.394 e. The van der Waals surface area contributed by atoms with Crippen LogP contribution >= 0.6 is 0 Å². The van der Waals surface area contributed by atoms with Crippen LogP contribution in [0.2, 0.25) is 0 Å². The van der Waals surface area contributed by atoms with Gasteiger partial charge in [-0.1, -0.05) is 34.6 Å². The van der Waals surface area contributed by atoms with Crippen molar-refractivity contribution in [3.8, 4) is 0 Å². The van der Waals surface area contributed by atoms with Gasteiger partial charge in [-0.05, 0) is 19.4 Å². The van der Waals surface area contributed by atoms with Gasteiger partial charge in [0, 0.05) is 19.1 Å². The number of nitrogens with one attached hydrogen (secondary N) is 1. The lowest BCUT2D eigenvalue weighted by molar-refractivity contribution is 0.108. The molecule has 0 radical (unpaired) electrons. The normalized spacial score (nSPS) is 16.9. The number of hydrogen-bond acceptors (Lipinski definition) is 3. The number of aliphatic hydroxyl groups excluding tert-OH is 1. The van der Waals surface area contributed by atoms with E-state index in [2.05, 4.69) is 58.8 Å². The summed E-state index contributed by atoms with van der Waals surface area (Å²) in [5.41, 5.74) is 0.0805. The first-order chi connectivity index (χ1) is 7.08. The molecule has 3 heteroatoms. The summed E-state index contributed by atoms with van der Waals surface area (Å²) in [5.74, 6) is 0. The predicted molar refractivity (Wildman–Crippen MR) is 70.7 cm³/mol. The Labute approximate surface area is 101 Å². The first-order valence-electron chi connectivity index (χ1n) is 6.15. The molecule has 0 spiro atoms. The molecule has 1 unspecified atom stereocenters. The standard InChI is InChI=1S/C13H30N2O/c1-11(2)14-13(6,10-16)9-15(7)8-12(3,4)5/h11,14,16H,8-10H2,1-7H3. The third kappa shape index (κ3) is 7.20. The summed E-state index contributed by atoms with van der Waals surface area (Å²) in [6, 6.07) is 0.389. The molecule has 0 bridgehead atoms. The van der Waals surface area contributed by atoms with Gasteiger partial charge in [0.1, 0.15) is 0 Å². The highest BCUT2D eigenvalue weighted by Crippen LogP contribution is 2.16. The SMILES string of the molecule is CC(C)NC(C)(CO)CN(C)CC(C)(C)C. The zero-order valence-electron chi connectivity index (χ0n) is 12.1. The minimum Gasteiger partial charge on any atom is -0.394 e. The van der Waals surface area contributed by atoms with Gasteiger partial charge >= 0.3 is 0 Å². The topological polar surface area (TPSA) is 35.5 Å². The van der Waals surface area contributed by atoms with Crippen LogP contribution in [-0.2, 0) is 0 Å². The van der Waals surface area contributed by atoms with Gasteiger partial charge in [0.15, 0.2) is 0 Å². The maximum Gasteiger partial charge on any atom is 0.0623 e. The molecule has 3 nitrogen and oxygen atoms in total. The summed E-state index contributed by atoms with van der Waals surface area (Å²) < 4.78 is 0. The molecule has 2 N–H and O–H groups in total. The molecule has 0 aromatic carbocycles. The first-order valence-corrected chi connectivity index (χ1v) is 6.15. The average Bonchev–Trinajstić information content (AvgIpc) is 1.98. The second-order valence-corrected chi connectivity index (χ2v) is 6.75. The Morgan fingerprint density at radius 1 is 1.12 bits per heavy atom. The van der Waals surface area contributed by atoms with Gasteiger partial charge in [-0.25, -0.2) is 0 Å². The minimum absolute atomic E-state index is 0.166. The molecule has 0 aliphatic carbocycles. The van der Waals surface area contributed by atoms with Crippen molar-refractivity contribution in [1.82, 2.24) is 10.2 Å². The van der Waals surface area contributed by atoms with Crippen molar-refractivity contribution < 1.29 is 5.11 Å². The zero-order valence-corrected chi connectivity index (χ0v) is 12.1. The van der Waals surface area contributed by atoms with E-state index in [1.807, 2.05) is 0 Å². The van der Waals surface area contributed by atoms with Crippen LogP contribution in [0.25, 0.3) is 0 Å². The van der Waals surface area contributed by atoms with Crippen LogP contribution in [-0.4, -0.2) is 48.3 Å². The van der Waals surface area contributed by atoms with E-state index in [-0.39, 0.29) is 12.1 Å². The van der Waals surface area contributed by atoms with Crippen LogP contribution in [0.5, 0.6) is 0 Å². The summed E-state index contributed by atoms with van der Waals surface area (Å²) in [6.45, 7) is 15.0. The highest BCUT2D eigenvalue weighted by molar-refractivity contribution is 4.87. The van der Waals surface area contributed by atoms with Gasteiger partial charge < -0.3 is 15.3 Å². The van der Waals surface area contributed by atoms with Crippen LogP contribution in [0.3, 0.4) is 0 Å². The summed E-state index contributed by atoms with van der Waals surface area (Å²) in [4.78, 5) is 2.28. The zero-order chi connectivity index (χ0) is 13.0. The highest BCUT2D eigenvalue weighted by Gasteiger charge is 2.27. The molecule has 0 fully saturated rings. The number of hydrogen-bond donors (Lipinski definition) is 2. The second-order valence-electron chi connectivity index (χ2n) is 6.75. The molecule has 98 valence electrons. The summed E-state index contributed by atoms with van der Waals surface area (Å²) in [7, 11) is 2.11. The van der Waals surface area contributed by atoms with E-state index in [4.69, 9.17) is 0 Å². The third-order valence-corrected chi connectivity index (χ3v) is 2.35. The minimum atomic E-state index is -0.214. The molecule has 0 aliphatic rings. The van der Waals surface area contributed by atoms with Crippen LogP contribution in [0.4, 0.5) is 0 Å². The van der Waals surface area contributed by atoms with Crippen LogP contribution in [0, 0.1) is 5.41 Å². The Kier molecular flexibility index (Phi) is 5.94. The molecule has 0 aromatic heterocycles. The summed E-state index contributed by atoms with van der Waals surface area (Å²) in [5, 5.41) is 12.9. The van der Waals surface area contributed by atoms with Gasteiger partial charge in [0.25, 0.3) is 0 Å². The van der Waals surface area contributed by atoms with E-state index in [9.17, 15) is 5.11 Å². The molecule has 0 heterocycles. The molecule has 1 atom stereocenters. The second kappa shape index (κ2) is 5.99. The van der Waals surface area contributed by atoms with Crippen molar-refractivity contribution in [3.05, 3.63) is 0 Å².